The van der Waals surface area contributed by atoms with Gasteiger partial charge in [-0.1, -0.05) is 12.1 Å². The molecule has 0 atom stereocenters. The van der Waals surface area contributed by atoms with Crippen molar-refractivity contribution in [2.75, 3.05) is 63.9 Å². The third kappa shape index (κ3) is 4.75. The molecule has 4 nitrogen and oxygen atoms in total. The highest BCUT2D eigenvalue weighted by Gasteiger charge is 2.23. The van der Waals surface area contributed by atoms with Crippen molar-refractivity contribution in [2.24, 2.45) is 5.92 Å². The van der Waals surface area contributed by atoms with Crippen LogP contribution in [0.3, 0.4) is 0 Å². The predicted octanol–water partition coefficient (Wildman–Crippen LogP) is 2.83. The molecule has 3 saturated heterocycles. The fourth-order valence-electron chi connectivity index (χ4n) is 4.53. The van der Waals surface area contributed by atoms with Crippen LogP contribution in [0.25, 0.3) is 0 Å². The van der Waals surface area contributed by atoms with E-state index in [9.17, 15) is 0 Å². The molecular weight excluding hydrogens is 310 g/mol. The summed E-state index contributed by atoms with van der Waals surface area (Å²) >= 11 is 0. The highest BCUT2D eigenvalue weighted by molar-refractivity contribution is 5.48. The molecule has 0 radical (unpaired) electrons. The Morgan fingerprint density at radius 1 is 0.800 bits per heavy atom. The fourth-order valence-corrected chi connectivity index (χ4v) is 4.53. The number of piperidine rings is 1. The first-order valence-electron chi connectivity index (χ1n) is 10.2. The van der Waals surface area contributed by atoms with Crippen LogP contribution >= 0.6 is 0 Å². The van der Waals surface area contributed by atoms with Gasteiger partial charge < -0.3 is 14.5 Å². The third-order valence-electron chi connectivity index (χ3n) is 6.14. The van der Waals surface area contributed by atoms with E-state index in [1.807, 2.05) is 0 Å². The van der Waals surface area contributed by atoms with Gasteiger partial charge in [0.2, 0.25) is 0 Å². The van der Waals surface area contributed by atoms with Gasteiger partial charge in [0.15, 0.2) is 0 Å². The number of rotatable bonds is 5. The molecule has 0 saturated carbocycles. The summed E-state index contributed by atoms with van der Waals surface area (Å²) in [6, 6.07) is 9.30. The zero-order valence-corrected chi connectivity index (χ0v) is 15.5. The minimum Gasteiger partial charge on any atom is -0.379 e. The molecule has 0 aliphatic carbocycles. The van der Waals surface area contributed by atoms with Crippen molar-refractivity contribution in [3.8, 4) is 0 Å². The quantitative estimate of drug-likeness (QED) is 0.818. The first-order valence-corrected chi connectivity index (χ1v) is 10.2. The second-order valence-electron chi connectivity index (χ2n) is 7.99. The zero-order valence-electron chi connectivity index (χ0n) is 15.5. The van der Waals surface area contributed by atoms with Crippen LogP contribution in [0.15, 0.2) is 24.3 Å². The van der Waals surface area contributed by atoms with Crippen molar-refractivity contribution in [3.05, 3.63) is 29.8 Å². The molecule has 0 aromatic heterocycles. The smallest absolute Gasteiger partial charge is 0.0594 e. The normalized spacial score (nSPS) is 24.1. The molecule has 0 unspecified atom stereocenters. The topological polar surface area (TPSA) is 19.0 Å². The molecule has 25 heavy (non-hydrogen) atoms. The lowest BCUT2D eigenvalue weighted by molar-refractivity contribution is 0.0342. The van der Waals surface area contributed by atoms with E-state index < -0.39 is 0 Å². The summed E-state index contributed by atoms with van der Waals surface area (Å²) in [5.74, 6) is 0.912. The van der Waals surface area contributed by atoms with Gasteiger partial charge in [0.1, 0.15) is 0 Å². The van der Waals surface area contributed by atoms with E-state index in [0.717, 1.165) is 38.8 Å². The van der Waals surface area contributed by atoms with E-state index in [1.54, 1.807) is 0 Å². The molecule has 1 aromatic rings. The minimum atomic E-state index is 0.879. The Balaban J connectivity index is 1.25. The predicted molar refractivity (Wildman–Crippen MR) is 103 cm³/mol. The van der Waals surface area contributed by atoms with Gasteiger partial charge >= 0.3 is 0 Å². The lowest BCUT2D eigenvalue weighted by Gasteiger charge is -2.35. The SMILES string of the molecule is c1cc(N2CCC(CN3CCCC3)CC2)ccc1CN1CCOCC1. The molecule has 0 spiro atoms. The molecule has 3 aliphatic rings. The van der Waals surface area contributed by atoms with E-state index in [4.69, 9.17) is 4.74 Å². The van der Waals surface area contributed by atoms with E-state index in [1.165, 1.54) is 69.7 Å². The van der Waals surface area contributed by atoms with Gasteiger partial charge in [-0.05, 0) is 62.4 Å². The van der Waals surface area contributed by atoms with Crippen molar-refractivity contribution in [3.63, 3.8) is 0 Å². The van der Waals surface area contributed by atoms with Crippen molar-refractivity contribution in [2.45, 2.75) is 32.2 Å². The molecular formula is C21H33N3O. The second-order valence-corrected chi connectivity index (χ2v) is 7.99. The summed E-state index contributed by atoms with van der Waals surface area (Å²) in [6.07, 6.45) is 5.53. The van der Waals surface area contributed by atoms with Crippen LogP contribution in [-0.2, 0) is 11.3 Å². The average Bonchev–Trinajstić information content (AvgIpc) is 3.17. The number of benzene rings is 1. The van der Waals surface area contributed by atoms with E-state index in [-0.39, 0.29) is 0 Å². The summed E-state index contributed by atoms with van der Waals surface area (Å²) < 4.78 is 5.43. The molecule has 1 aromatic carbocycles. The van der Waals surface area contributed by atoms with Crippen molar-refractivity contribution in [1.82, 2.24) is 9.80 Å². The number of anilines is 1. The summed E-state index contributed by atoms with van der Waals surface area (Å²) in [4.78, 5) is 7.75. The standard InChI is InChI=1S/C21H33N3O/c1-2-10-22(9-1)18-20-7-11-24(12-8-20)21-5-3-19(4-6-21)17-23-13-15-25-16-14-23/h3-6,20H,1-2,7-18H2. The average molecular weight is 344 g/mol. The van der Waals surface area contributed by atoms with Gasteiger partial charge in [0, 0.05) is 45.0 Å². The monoisotopic (exact) mass is 343 g/mol. The van der Waals surface area contributed by atoms with E-state index in [0.29, 0.717) is 0 Å². The fraction of sp³-hybridized carbons (Fsp3) is 0.714. The molecule has 3 heterocycles. The van der Waals surface area contributed by atoms with Crippen LogP contribution in [0, 0.1) is 5.92 Å². The number of hydrogen-bond donors (Lipinski definition) is 0. The molecule has 0 bridgehead atoms. The molecule has 4 heteroatoms. The number of morpholine rings is 1. The molecule has 3 fully saturated rings. The van der Waals surface area contributed by atoms with Crippen LogP contribution in [0.1, 0.15) is 31.2 Å². The molecule has 3 aliphatic heterocycles. The minimum absolute atomic E-state index is 0.879. The summed E-state index contributed by atoms with van der Waals surface area (Å²) in [5, 5.41) is 0. The van der Waals surface area contributed by atoms with Gasteiger partial charge in [0.05, 0.1) is 13.2 Å². The summed E-state index contributed by atoms with van der Waals surface area (Å²) in [7, 11) is 0. The Bertz CT molecular complexity index is 512. The van der Waals surface area contributed by atoms with Gasteiger partial charge in [-0.25, -0.2) is 0 Å². The van der Waals surface area contributed by atoms with Crippen molar-refractivity contribution >= 4 is 5.69 Å². The second kappa shape index (κ2) is 8.52. The number of nitrogens with zero attached hydrogens (tertiary/aromatic N) is 3. The Kier molecular flexibility index (Phi) is 5.90. The summed E-state index contributed by atoms with van der Waals surface area (Å²) in [5.41, 5.74) is 2.83. The molecule has 0 N–H and O–H groups in total. The van der Waals surface area contributed by atoms with Crippen molar-refractivity contribution in [1.29, 1.82) is 0 Å². The number of ether oxygens (including phenoxy) is 1. The Morgan fingerprint density at radius 3 is 2.16 bits per heavy atom. The van der Waals surface area contributed by atoms with Crippen molar-refractivity contribution < 1.29 is 4.74 Å². The first kappa shape index (κ1) is 17.3. The highest BCUT2D eigenvalue weighted by atomic mass is 16.5. The molecule has 4 rings (SSSR count). The van der Waals surface area contributed by atoms with Gasteiger partial charge in [-0.2, -0.15) is 0 Å². The van der Waals surface area contributed by atoms with E-state index in [2.05, 4.69) is 39.0 Å². The maximum atomic E-state index is 5.43. The lowest BCUT2D eigenvalue weighted by Crippen LogP contribution is -2.38. The highest BCUT2D eigenvalue weighted by Crippen LogP contribution is 2.25. The maximum absolute atomic E-state index is 5.43. The number of hydrogen-bond acceptors (Lipinski definition) is 4. The first-order chi connectivity index (χ1) is 12.4. The summed E-state index contributed by atoms with van der Waals surface area (Å²) in [6.45, 7) is 11.4. The van der Waals surface area contributed by atoms with Gasteiger partial charge in [-0.3, -0.25) is 4.90 Å². The largest absolute Gasteiger partial charge is 0.379 e. The van der Waals surface area contributed by atoms with Crippen LogP contribution in [0.2, 0.25) is 0 Å². The van der Waals surface area contributed by atoms with Crippen LogP contribution in [0.4, 0.5) is 5.69 Å². The van der Waals surface area contributed by atoms with Gasteiger partial charge in [0.25, 0.3) is 0 Å². The van der Waals surface area contributed by atoms with Gasteiger partial charge in [-0.15, -0.1) is 0 Å². The molecule has 138 valence electrons. The Labute approximate surface area is 152 Å². The van der Waals surface area contributed by atoms with Crippen LogP contribution in [-0.4, -0.2) is 68.8 Å². The lowest BCUT2D eigenvalue weighted by atomic mass is 9.95. The number of likely N-dealkylation sites (tertiary alicyclic amines) is 1. The van der Waals surface area contributed by atoms with Crippen LogP contribution < -0.4 is 4.90 Å². The van der Waals surface area contributed by atoms with Crippen LogP contribution in [0.5, 0.6) is 0 Å². The Morgan fingerprint density at radius 2 is 1.48 bits per heavy atom. The maximum Gasteiger partial charge on any atom is 0.0594 e. The van der Waals surface area contributed by atoms with E-state index >= 15 is 0 Å². The molecule has 0 amide bonds. The third-order valence-corrected chi connectivity index (χ3v) is 6.14. The Hall–Kier alpha value is -1.10. The zero-order chi connectivity index (χ0) is 16.9.